The van der Waals surface area contributed by atoms with Crippen molar-refractivity contribution in [2.24, 2.45) is 5.73 Å². The average molecular weight is 487 g/mol. The molecule has 11 nitrogen and oxygen atoms in total. The number of ether oxygens (including phenoxy) is 2. The van der Waals surface area contributed by atoms with Gasteiger partial charge in [0.2, 0.25) is 11.8 Å². The van der Waals surface area contributed by atoms with Gasteiger partial charge < -0.3 is 25.8 Å². The van der Waals surface area contributed by atoms with Gasteiger partial charge in [0.25, 0.3) is 5.69 Å². The van der Waals surface area contributed by atoms with Crippen LogP contribution in [0.15, 0.2) is 48.5 Å². The number of rotatable bonds is 14. The van der Waals surface area contributed by atoms with E-state index in [0.717, 1.165) is 5.56 Å². The highest BCUT2D eigenvalue weighted by Crippen LogP contribution is 2.25. The summed E-state index contributed by atoms with van der Waals surface area (Å²) in [5, 5.41) is 16.3. The molecule has 0 heterocycles. The summed E-state index contributed by atoms with van der Waals surface area (Å²) >= 11 is 0. The molecule has 188 valence electrons. The van der Waals surface area contributed by atoms with E-state index in [0.29, 0.717) is 37.1 Å². The third-order valence-corrected chi connectivity index (χ3v) is 5.14. The van der Waals surface area contributed by atoms with Crippen LogP contribution in [0, 0.1) is 10.1 Å². The van der Waals surface area contributed by atoms with Gasteiger partial charge in [-0.15, -0.1) is 0 Å². The molecule has 0 aliphatic rings. The summed E-state index contributed by atoms with van der Waals surface area (Å²) in [4.78, 5) is 46.3. The van der Waals surface area contributed by atoms with E-state index < -0.39 is 23.0 Å². The number of carbonyl (C=O) groups is 3. The van der Waals surface area contributed by atoms with Crippen LogP contribution in [0.5, 0.6) is 5.75 Å². The van der Waals surface area contributed by atoms with E-state index in [-0.39, 0.29) is 31.0 Å². The standard InChI is InChI=1S/C24H30N4O7/c1-34-21-12-11-19(28(32)33)14-18(21)15-20(23(25)30)27-22(29)10-6-3-7-13-26-24(31)35-16-17-8-4-2-5-9-17/h2,4-5,8-9,11-12,14,20H,3,6-7,10,13,15-16H2,1H3,(H2,25,30)(H,26,31)(H,27,29)/t20-/m0/s1. The maximum atomic E-state index is 12.3. The van der Waals surface area contributed by atoms with Crippen LogP contribution in [0.4, 0.5) is 10.5 Å². The Morgan fingerprint density at radius 2 is 1.83 bits per heavy atom. The van der Waals surface area contributed by atoms with E-state index in [1.54, 1.807) is 0 Å². The lowest BCUT2D eigenvalue weighted by Gasteiger charge is -2.17. The van der Waals surface area contributed by atoms with Crippen LogP contribution in [0.2, 0.25) is 0 Å². The molecule has 0 fully saturated rings. The molecular weight excluding hydrogens is 456 g/mol. The predicted molar refractivity (Wildman–Crippen MR) is 128 cm³/mol. The predicted octanol–water partition coefficient (Wildman–Crippen LogP) is 2.60. The van der Waals surface area contributed by atoms with E-state index in [2.05, 4.69) is 10.6 Å². The number of unbranched alkanes of at least 4 members (excludes halogenated alkanes) is 2. The summed E-state index contributed by atoms with van der Waals surface area (Å²) in [5.41, 5.74) is 6.55. The van der Waals surface area contributed by atoms with Crippen LogP contribution >= 0.6 is 0 Å². The molecule has 2 rings (SSSR count). The zero-order valence-electron chi connectivity index (χ0n) is 19.5. The van der Waals surface area contributed by atoms with Crippen LogP contribution in [-0.4, -0.2) is 42.5 Å². The number of methoxy groups -OCH3 is 1. The Hall–Kier alpha value is -4.15. The molecule has 0 saturated carbocycles. The van der Waals surface area contributed by atoms with Gasteiger partial charge in [-0.2, -0.15) is 0 Å². The second kappa shape index (κ2) is 14.2. The van der Waals surface area contributed by atoms with E-state index in [4.69, 9.17) is 15.2 Å². The number of hydrogen-bond acceptors (Lipinski definition) is 7. The quantitative estimate of drug-likeness (QED) is 0.210. The summed E-state index contributed by atoms with van der Waals surface area (Å²) in [7, 11) is 1.40. The van der Waals surface area contributed by atoms with E-state index in [1.807, 2.05) is 30.3 Å². The zero-order chi connectivity index (χ0) is 25.6. The van der Waals surface area contributed by atoms with Gasteiger partial charge in [-0.1, -0.05) is 36.8 Å². The maximum absolute atomic E-state index is 12.3. The highest BCUT2D eigenvalue weighted by atomic mass is 16.6. The molecule has 3 amide bonds. The van der Waals surface area contributed by atoms with Crippen molar-refractivity contribution in [3.63, 3.8) is 0 Å². The van der Waals surface area contributed by atoms with Crippen LogP contribution in [0.3, 0.4) is 0 Å². The molecule has 0 aromatic heterocycles. The molecule has 35 heavy (non-hydrogen) atoms. The fourth-order valence-corrected chi connectivity index (χ4v) is 3.30. The lowest BCUT2D eigenvalue weighted by atomic mass is 10.0. The van der Waals surface area contributed by atoms with Crippen molar-refractivity contribution in [3.8, 4) is 5.75 Å². The third kappa shape index (κ3) is 9.70. The highest BCUT2D eigenvalue weighted by molar-refractivity contribution is 5.86. The molecule has 2 aromatic carbocycles. The second-order valence-corrected chi connectivity index (χ2v) is 7.78. The van der Waals surface area contributed by atoms with Gasteiger partial charge in [0, 0.05) is 37.1 Å². The van der Waals surface area contributed by atoms with Crippen molar-refractivity contribution in [1.29, 1.82) is 0 Å². The molecule has 0 aliphatic carbocycles. The summed E-state index contributed by atoms with van der Waals surface area (Å²) < 4.78 is 10.3. The van der Waals surface area contributed by atoms with Crippen molar-refractivity contribution >= 4 is 23.6 Å². The Balaban J connectivity index is 1.70. The van der Waals surface area contributed by atoms with Gasteiger partial charge in [-0.05, 0) is 24.5 Å². The fraction of sp³-hybridized carbons (Fsp3) is 0.375. The number of alkyl carbamates (subject to hydrolysis) is 1. The maximum Gasteiger partial charge on any atom is 0.407 e. The summed E-state index contributed by atoms with van der Waals surface area (Å²) in [6, 6.07) is 12.3. The van der Waals surface area contributed by atoms with Crippen molar-refractivity contribution in [3.05, 3.63) is 69.8 Å². The Labute approximate surface area is 203 Å². The van der Waals surface area contributed by atoms with Crippen molar-refractivity contribution in [2.75, 3.05) is 13.7 Å². The van der Waals surface area contributed by atoms with Crippen LogP contribution < -0.4 is 21.1 Å². The molecular formula is C24H30N4O7. The molecule has 0 radical (unpaired) electrons. The topological polar surface area (TPSA) is 163 Å². The Morgan fingerprint density at radius 1 is 1.09 bits per heavy atom. The number of hydrogen-bond donors (Lipinski definition) is 3. The van der Waals surface area contributed by atoms with Gasteiger partial charge in [0.1, 0.15) is 18.4 Å². The Kier molecular flexibility index (Phi) is 11.0. The summed E-state index contributed by atoms with van der Waals surface area (Å²) in [6.07, 6.45) is 1.48. The van der Waals surface area contributed by atoms with Gasteiger partial charge in [0.05, 0.1) is 12.0 Å². The SMILES string of the molecule is COc1ccc([N+](=O)[O-])cc1C[C@H](NC(=O)CCCCCNC(=O)OCc1ccccc1)C(N)=O. The summed E-state index contributed by atoms with van der Waals surface area (Å²) in [6.45, 7) is 0.599. The monoisotopic (exact) mass is 486 g/mol. The number of amides is 3. The number of nitrogens with zero attached hydrogens (tertiary/aromatic N) is 1. The number of primary amides is 1. The second-order valence-electron chi connectivity index (χ2n) is 7.78. The largest absolute Gasteiger partial charge is 0.496 e. The number of non-ortho nitro benzene ring substituents is 1. The Bertz CT molecular complexity index is 1010. The molecule has 0 bridgehead atoms. The van der Waals surface area contributed by atoms with Crippen molar-refractivity contribution in [1.82, 2.24) is 10.6 Å². The first-order valence-corrected chi connectivity index (χ1v) is 11.1. The lowest BCUT2D eigenvalue weighted by Crippen LogP contribution is -2.45. The minimum atomic E-state index is -1.04. The number of carbonyl (C=O) groups excluding carboxylic acids is 3. The lowest BCUT2D eigenvalue weighted by molar-refractivity contribution is -0.384. The minimum absolute atomic E-state index is 0.0407. The molecule has 2 aromatic rings. The molecule has 0 unspecified atom stereocenters. The fourth-order valence-electron chi connectivity index (χ4n) is 3.30. The van der Waals surface area contributed by atoms with E-state index >= 15 is 0 Å². The number of nitrogens with two attached hydrogens (primary N) is 1. The minimum Gasteiger partial charge on any atom is -0.496 e. The highest BCUT2D eigenvalue weighted by Gasteiger charge is 2.22. The van der Waals surface area contributed by atoms with Gasteiger partial charge >= 0.3 is 6.09 Å². The van der Waals surface area contributed by atoms with Gasteiger partial charge in [0.15, 0.2) is 0 Å². The number of nitro groups is 1. The van der Waals surface area contributed by atoms with Crippen molar-refractivity contribution in [2.45, 2.75) is 44.8 Å². The van der Waals surface area contributed by atoms with E-state index in [1.165, 1.54) is 25.3 Å². The molecule has 4 N–H and O–H groups in total. The van der Waals surface area contributed by atoms with E-state index in [9.17, 15) is 24.5 Å². The molecule has 11 heteroatoms. The summed E-state index contributed by atoms with van der Waals surface area (Å²) in [5.74, 6) is -0.774. The Morgan fingerprint density at radius 3 is 2.49 bits per heavy atom. The molecule has 0 aliphatic heterocycles. The van der Waals surface area contributed by atoms with Crippen molar-refractivity contribution < 1.29 is 28.8 Å². The molecule has 0 spiro atoms. The van der Waals surface area contributed by atoms with Gasteiger partial charge in [-0.25, -0.2) is 4.79 Å². The molecule has 0 saturated heterocycles. The number of nitro benzene ring substituents is 1. The van der Waals surface area contributed by atoms with Crippen LogP contribution in [0.1, 0.15) is 36.8 Å². The average Bonchev–Trinajstić information content (AvgIpc) is 2.84. The molecule has 1 atom stereocenters. The first-order valence-electron chi connectivity index (χ1n) is 11.1. The first-order chi connectivity index (χ1) is 16.8. The third-order valence-electron chi connectivity index (χ3n) is 5.14. The number of nitrogens with one attached hydrogen (secondary N) is 2. The van der Waals surface area contributed by atoms with Gasteiger partial charge in [-0.3, -0.25) is 19.7 Å². The zero-order valence-corrected chi connectivity index (χ0v) is 19.5. The smallest absolute Gasteiger partial charge is 0.407 e. The van der Waals surface area contributed by atoms with Crippen LogP contribution in [-0.2, 0) is 27.4 Å². The van der Waals surface area contributed by atoms with Crippen LogP contribution in [0.25, 0.3) is 0 Å². The number of benzene rings is 2. The first kappa shape index (κ1) is 27.1. The normalized spacial score (nSPS) is 11.2.